The molecule has 0 radical (unpaired) electrons. The fraction of sp³-hybridized carbons (Fsp3) is 0.0476. The maximum atomic E-state index is 12.9. The average Bonchev–Trinajstić information content (AvgIpc) is 2.95. The van der Waals surface area contributed by atoms with Gasteiger partial charge in [-0.2, -0.15) is 0 Å². The predicted molar refractivity (Wildman–Crippen MR) is 107 cm³/mol. The van der Waals surface area contributed by atoms with Crippen molar-refractivity contribution in [3.05, 3.63) is 92.5 Å². The van der Waals surface area contributed by atoms with Crippen LogP contribution in [-0.4, -0.2) is 16.7 Å². The molecule has 0 atom stereocenters. The number of fused-ring (bicyclic) bond motifs is 1. The average molecular weight is 409 g/mol. The number of hydrogen-bond donors (Lipinski definition) is 0. The van der Waals surface area contributed by atoms with Crippen LogP contribution >= 0.6 is 11.6 Å². The molecule has 1 aliphatic rings. The van der Waals surface area contributed by atoms with Crippen molar-refractivity contribution in [1.29, 1.82) is 0 Å². The van der Waals surface area contributed by atoms with E-state index >= 15 is 0 Å². The lowest BCUT2D eigenvalue weighted by Gasteiger charge is -2.17. The Hall–Kier alpha value is -3.71. The van der Waals surface area contributed by atoms with E-state index in [2.05, 4.69) is 0 Å². The topological polar surface area (TPSA) is 89.8 Å². The second-order valence-corrected chi connectivity index (χ2v) is 6.80. The van der Waals surface area contributed by atoms with Gasteiger partial charge in [-0.05, 0) is 55.0 Å². The number of carbonyl (C=O) groups excluding carboxylic acids is 2. The fourth-order valence-corrected chi connectivity index (χ4v) is 3.28. The number of amides is 2. The number of nitro groups is 1. The number of benzene rings is 3. The third-order valence-corrected chi connectivity index (χ3v) is 5.03. The second-order valence-electron chi connectivity index (χ2n) is 6.39. The molecule has 7 nitrogen and oxygen atoms in total. The molecule has 0 unspecified atom stereocenters. The third kappa shape index (κ3) is 3.21. The Balaban J connectivity index is 1.65. The minimum atomic E-state index is -0.504. The fourth-order valence-electron chi connectivity index (χ4n) is 3.11. The van der Waals surface area contributed by atoms with Crippen LogP contribution in [0.25, 0.3) is 0 Å². The van der Waals surface area contributed by atoms with E-state index in [4.69, 9.17) is 16.3 Å². The summed E-state index contributed by atoms with van der Waals surface area (Å²) >= 11 is 6.13. The zero-order valence-corrected chi connectivity index (χ0v) is 15.8. The highest BCUT2D eigenvalue weighted by molar-refractivity contribution is 6.36. The van der Waals surface area contributed by atoms with Crippen LogP contribution in [0.4, 0.5) is 11.4 Å². The van der Waals surface area contributed by atoms with Gasteiger partial charge in [-0.25, -0.2) is 4.90 Å². The first-order valence-corrected chi connectivity index (χ1v) is 8.95. The van der Waals surface area contributed by atoms with Gasteiger partial charge in [0.25, 0.3) is 17.5 Å². The Morgan fingerprint density at radius 1 is 0.931 bits per heavy atom. The van der Waals surface area contributed by atoms with Crippen molar-refractivity contribution in [1.82, 2.24) is 0 Å². The number of rotatable bonds is 4. The minimum absolute atomic E-state index is 0.0559. The summed E-state index contributed by atoms with van der Waals surface area (Å²) in [6.07, 6.45) is 0. The summed E-state index contributed by atoms with van der Waals surface area (Å²) in [5.74, 6) is -0.194. The van der Waals surface area contributed by atoms with Gasteiger partial charge >= 0.3 is 0 Å². The number of imide groups is 1. The number of nitro benzene ring substituents is 1. The Bertz CT molecular complexity index is 1170. The number of non-ortho nitro benzene ring substituents is 1. The van der Waals surface area contributed by atoms with Crippen molar-refractivity contribution < 1.29 is 19.2 Å². The minimum Gasteiger partial charge on any atom is -0.457 e. The normalized spacial score (nSPS) is 12.8. The second kappa shape index (κ2) is 7.03. The maximum absolute atomic E-state index is 12.9. The smallest absolute Gasteiger partial charge is 0.269 e. The van der Waals surface area contributed by atoms with Crippen LogP contribution in [0.1, 0.15) is 26.3 Å². The quantitative estimate of drug-likeness (QED) is 0.338. The summed E-state index contributed by atoms with van der Waals surface area (Å²) in [4.78, 5) is 37.1. The van der Waals surface area contributed by atoms with Gasteiger partial charge < -0.3 is 4.74 Å². The number of ether oxygens (including phenoxy) is 1. The zero-order valence-electron chi connectivity index (χ0n) is 15.1. The molecule has 0 saturated heterocycles. The zero-order chi connectivity index (χ0) is 20.7. The highest BCUT2D eigenvalue weighted by Crippen LogP contribution is 2.35. The molecule has 0 bridgehead atoms. The van der Waals surface area contributed by atoms with E-state index in [0.717, 1.165) is 4.90 Å². The molecule has 29 heavy (non-hydrogen) atoms. The molecule has 0 aliphatic carbocycles. The first kappa shape index (κ1) is 18.6. The molecule has 4 rings (SSSR count). The van der Waals surface area contributed by atoms with Gasteiger partial charge in [0.1, 0.15) is 11.5 Å². The number of carbonyl (C=O) groups is 2. The van der Waals surface area contributed by atoms with Crippen molar-refractivity contribution in [2.24, 2.45) is 0 Å². The number of anilines is 1. The molecule has 0 aromatic heterocycles. The van der Waals surface area contributed by atoms with E-state index in [1.54, 1.807) is 31.2 Å². The lowest BCUT2D eigenvalue weighted by Crippen LogP contribution is -2.30. The first-order chi connectivity index (χ1) is 13.9. The molecule has 3 aromatic rings. The Morgan fingerprint density at radius 2 is 1.59 bits per heavy atom. The monoisotopic (exact) mass is 408 g/mol. The van der Waals surface area contributed by atoms with E-state index in [1.807, 2.05) is 0 Å². The Morgan fingerprint density at radius 3 is 2.28 bits per heavy atom. The highest BCUT2D eigenvalue weighted by Gasteiger charge is 2.37. The van der Waals surface area contributed by atoms with Crippen LogP contribution in [0.3, 0.4) is 0 Å². The molecule has 3 aromatic carbocycles. The van der Waals surface area contributed by atoms with Crippen molar-refractivity contribution in [2.75, 3.05) is 4.90 Å². The lowest BCUT2D eigenvalue weighted by molar-refractivity contribution is -0.384. The van der Waals surface area contributed by atoms with E-state index in [9.17, 15) is 19.7 Å². The van der Waals surface area contributed by atoms with Crippen molar-refractivity contribution in [3.63, 3.8) is 0 Å². The summed E-state index contributed by atoms with van der Waals surface area (Å²) in [5, 5.41) is 11.2. The first-order valence-electron chi connectivity index (χ1n) is 8.57. The highest BCUT2D eigenvalue weighted by atomic mass is 35.5. The molecular formula is C21H13ClN2O5. The lowest BCUT2D eigenvalue weighted by atomic mass is 10.1. The molecule has 0 N–H and O–H groups in total. The van der Waals surface area contributed by atoms with Crippen LogP contribution in [0.2, 0.25) is 5.02 Å². The molecule has 144 valence electrons. The van der Waals surface area contributed by atoms with Crippen molar-refractivity contribution in [2.45, 2.75) is 6.92 Å². The Kier molecular flexibility index (Phi) is 4.52. The number of halogens is 1. The van der Waals surface area contributed by atoms with Gasteiger partial charge in [0, 0.05) is 17.2 Å². The molecule has 1 heterocycles. The molecule has 8 heteroatoms. The summed E-state index contributed by atoms with van der Waals surface area (Å²) in [6, 6.07) is 15.2. The largest absolute Gasteiger partial charge is 0.457 e. The maximum Gasteiger partial charge on any atom is 0.269 e. The predicted octanol–water partition coefficient (Wildman–Crippen LogP) is 5.15. The molecule has 0 fully saturated rings. The number of hydrogen-bond acceptors (Lipinski definition) is 5. The molecule has 0 spiro atoms. The van der Waals surface area contributed by atoms with Gasteiger partial charge in [0.05, 0.1) is 21.7 Å². The molecular weight excluding hydrogens is 396 g/mol. The van der Waals surface area contributed by atoms with E-state index in [1.165, 1.54) is 36.4 Å². The van der Waals surface area contributed by atoms with E-state index in [0.29, 0.717) is 27.8 Å². The van der Waals surface area contributed by atoms with Gasteiger partial charge in [-0.15, -0.1) is 0 Å². The van der Waals surface area contributed by atoms with Gasteiger partial charge in [0.15, 0.2) is 0 Å². The van der Waals surface area contributed by atoms with Crippen LogP contribution < -0.4 is 9.64 Å². The van der Waals surface area contributed by atoms with Crippen LogP contribution in [0.15, 0.2) is 60.7 Å². The SMILES string of the molecule is Cc1c(Cl)cccc1N1C(=O)c2ccc(Oc3ccc([N+](=O)[O-])cc3)cc2C1=O. The van der Waals surface area contributed by atoms with Gasteiger partial charge in [-0.1, -0.05) is 17.7 Å². The molecule has 2 amide bonds. The van der Waals surface area contributed by atoms with Crippen LogP contribution in [-0.2, 0) is 0 Å². The summed E-state index contributed by atoms with van der Waals surface area (Å²) < 4.78 is 5.68. The summed E-state index contributed by atoms with van der Waals surface area (Å²) in [6.45, 7) is 1.74. The number of nitrogens with zero attached hydrogens (tertiary/aromatic N) is 2. The van der Waals surface area contributed by atoms with Gasteiger partial charge in [0.2, 0.25) is 0 Å². The molecule has 1 aliphatic heterocycles. The van der Waals surface area contributed by atoms with Crippen molar-refractivity contribution in [3.8, 4) is 11.5 Å². The van der Waals surface area contributed by atoms with Gasteiger partial charge in [-0.3, -0.25) is 19.7 Å². The van der Waals surface area contributed by atoms with E-state index < -0.39 is 16.7 Å². The Labute approximate surface area is 170 Å². The van der Waals surface area contributed by atoms with E-state index in [-0.39, 0.29) is 16.8 Å². The summed E-state index contributed by atoms with van der Waals surface area (Å²) in [5.41, 5.74) is 1.49. The standard InChI is InChI=1S/C21H13ClN2O5/c1-12-18(22)3-2-4-19(12)23-20(25)16-10-9-15(11-17(16)21(23)26)29-14-7-5-13(6-8-14)24(27)28/h2-11H,1H3. The van der Waals surface area contributed by atoms with Crippen LogP contribution in [0, 0.1) is 17.0 Å². The van der Waals surface area contributed by atoms with Crippen LogP contribution in [0.5, 0.6) is 11.5 Å². The third-order valence-electron chi connectivity index (χ3n) is 4.62. The summed E-state index contributed by atoms with van der Waals surface area (Å²) in [7, 11) is 0. The molecule has 0 saturated carbocycles. The van der Waals surface area contributed by atoms with Crippen molar-refractivity contribution >= 4 is 34.8 Å².